The molecule has 1 unspecified atom stereocenters. The molecule has 1 heterocycles. The first-order valence-corrected chi connectivity index (χ1v) is 6.25. The largest absolute Gasteiger partial charge is 0.325 e. The van der Waals surface area contributed by atoms with Gasteiger partial charge < -0.3 is 5.32 Å². The van der Waals surface area contributed by atoms with E-state index in [0.717, 1.165) is 30.5 Å². The Kier molecular flexibility index (Phi) is 3.20. The number of fused-ring (bicyclic) bond motifs is 1. The van der Waals surface area contributed by atoms with Crippen LogP contribution in [0.1, 0.15) is 31.7 Å². The molecule has 2 nitrogen and oxygen atoms in total. The topological polar surface area (TPSA) is 29.1 Å². The highest BCUT2D eigenvalue weighted by Crippen LogP contribution is 2.43. The van der Waals surface area contributed by atoms with E-state index in [2.05, 4.69) is 12.2 Å². The van der Waals surface area contributed by atoms with Crippen molar-refractivity contribution in [2.75, 3.05) is 11.2 Å². The van der Waals surface area contributed by atoms with Crippen LogP contribution < -0.4 is 5.32 Å². The van der Waals surface area contributed by atoms with Gasteiger partial charge in [0, 0.05) is 11.6 Å². The molecule has 0 bridgehead atoms. The summed E-state index contributed by atoms with van der Waals surface area (Å²) in [5.41, 5.74) is 1.74. The Morgan fingerprint density at radius 2 is 2.12 bits per heavy atom. The maximum absolute atomic E-state index is 12.1. The molecule has 1 aliphatic heterocycles. The number of amides is 1. The van der Waals surface area contributed by atoms with Gasteiger partial charge in [0.15, 0.2) is 0 Å². The summed E-state index contributed by atoms with van der Waals surface area (Å²) in [5.74, 6) is 0.735. The molecule has 1 amide bonds. The van der Waals surface area contributed by atoms with Gasteiger partial charge in [-0.3, -0.25) is 4.79 Å². The molecule has 16 heavy (non-hydrogen) atoms. The zero-order valence-electron chi connectivity index (χ0n) is 9.42. The minimum Gasteiger partial charge on any atom is -0.325 e. The number of para-hydroxylation sites is 1. The van der Waals surface area contributed by atoms with E-state index in [1.54, 1.807) is 0 Å². The number of benzene rings is 1. The van der Waals surface area contributed by atoms with Crippen LogP contribution in [0.3, 0.4) is 0 Å². The fourth-order valence-electron chi connectivity index (χ4n) is 2.52. The van der Waals surface area contributed by atoms with Crippen LogP contribution in [0.25, 0.3) is 0 Å². The summed E-state index contributed by atoms with van der Waals surface area (Å²) < 4.78 is 0. The van der Waals surface area contributed by atoms with Gasteiger partial charge in [0.25, 0.3) is 0 Å². The molecule has 0 saturated heterocycles. The van der Waals surface area contributed by atoms with Gasteiger partial charge in [0.2, 0.25) is 5.91 Å². The van der Waals surface area contributed by atoms with Crippen LogP contribution in [-0.2, 0) is 10.2 Å². The first-order chi connectivity index (χ1) is 7.74. The third-order valence-corrected chi connectivity index (χ3v) is 3.73. The smallest absolute Gasteiger partial charge is 0.235 e. The lowest BCUT2D eigenvalue weighted by Crippen LogP contribution is -2.33. The molecule has 0 fully saturated rings. The van der Waals surface area contributed by atoms with Crippen molar-refractivity contribution < 1.29 is 4.79 Å². The van der Waals surface area contributed by atoms with Gasteiger partial charge in [-0.25, -0.2) is 0 Å². The van der Waals surface area contributed by atoms with E-state index in [1.165, 1.54) is 0 Å². The van der Waals surface area contributed by atoms with Crippen LogP contribution in [0.4, 0.5) is 5.69 Å². The number of anilines is 1. The molecule has 0 saturated carbocycles. The predicted molar refractivity (Wildman–Crippen MR) is 67.0 cm³/mol. The maximum Gasteiger partial charge on any atom is 0.235 e. The lowest BCUT2D eigenvalue weighted by Gasteiger charge is -2.25. The van der Waals surface area contributed by atoms with Gasteiger partial charge >= 0.3 is 0 Å². The minimum atomic E-state index is -0.356. The van der Waals surface area contributed by atoms with Crippen molar-refractivity contribution in [2.45, 2.75) is 31.6 Å². The predicted octanol–water partition coefficient (Wildman–Crippen LogP) is 3.31. The van der Waals surface area contributed by atoms with E-state index in [9.17, 15) is 4.79 Å². The quantitative estimate of drug-likeness (QED) is 0.800. The van der Waals surface area contributed by atoms with Crippen LogP contribution in [0.2, 0.25) is 0 Å². The zero-order chi connectivity index (χ0) is 11.6. The van der Waals surface area contributed by atoms with Crippen LogP contribution >= 0.6 is 11.6 Å². The van der Waals surface area contributed by atoms with Crippen molar-refractivity contribution in [3.8, 4) is 0 Å². The SMILES string of the molecule is CCC1(CCCCl)C(=O)Nc2ccccc21. The van der Waals surface area contributed by atoms with E-state index in [-0.39, 0.29) is 11.3 Å². The highest BCUT2D eigenvalue weighted by atomic mass is 35.5. The highest BCUT2D eigenvalue weighted by molar-refractivity contribution is 6.17. The molecule has 86 valence electrons. The van der Waals surface area contributed by atoms with Crippen LogP contribution in [-0.4, -0.2) is 11.8 Å². The molecule has 1 N–H and O–H groups in total. The average molecular weight is 238 g/mol. The fourth-order valence-corrected chi connectivity index (χ4v) is 2.65. The van der Waals surface area contributed by atoms with E-state index in [1.807, 2.05) is 24.3 Å². The number of carbonyl (C=O) groups is 1. The standard InChI is InChI=1S/C13H16ClNO/c1-2-13(8-5-9-14)10-6-3-4-7-11(10)15-12(13)16/h3-4,6-7H,2,5,8-9H2,1H3,(H,15,16). The Morgan fingerprint density at radius 1 is 1.38 bits per heavy atom. The van der Waals surface area contributed by atoms with Crippen LogP contribution in [0.5, 0.6) is 0 Å². The van der Waals surface area contributed by atoms with Crippen molar-refractivity contribution in [3.05, 3.63) is 29.8 Å². The molecule has 0 spiro atoms. The summed E-state index contributed by atoms with van der Waals surface area (Å²) in [6.07, 6.45) is 2.53. The molecule has 1 aromatic rings. The second kappa shape index (κ2) is 4.46. The summed E-state index contributed by atoms with van der Waals surface area (Å²) in [4.78, 5) is 12.1. The molecule has 1 aromatic carbocycles. The second-order valence-corrected chi connectivity index (χ2v) is 4.61. The third-order valence-electron chi connectivity index (χ3n) is 3.47. The Labute approximate surface area is 101 Å². The van der Waals surface area contributed by atoms with Crippen molar-refractivity contribution in [1.82, 2.24) is 0 Å². The molecule has 3 heteroatoms. The summed E-state index contributed by atoms with van der Waals surface area (Å²) in [6.45, 7) is 2.07. The van der Waals surface area contributed by atoms with E-state index >= 15 is 0 Å². The maximum atomic E-state index is 12.1. The highest BCUT2D eigenvalue weighted by Gasteiger charge is 2.44. The molecule has 0 radical (unpaired) electrons. The fraction of sp³-hybridized carbons (Fsp3) is 0.462. The first kappa shape index (κ1) is 11.5. The summed E-state index contributed by atoms with van der Waals surface area (Å²) in [5, 5.41) is 2.97. The summed E-state index contributed by atoms with van der Waals surface area (Å²) in [7, 11) is 0. The van der Waals surface area contributed by atoms with Crippen molar-refractivity contribution in [3.63, 3.8) is 0 Å². The number of hydrogen-bond acceptors (Lipinski definition) is 1. The lowest BCUT2D eigenvalue weighted by atomic mass is 9.76. The Balaban J connectivity index is 2.41. The van der Waals surface area contributed by atoms with E-state index in [0.29, 0.717) is 5.88 Å². The third kappa shape index (κ3) is 1.61. The first-order valence-electron chi connectivity index (χ1n) is 5.71. The number of nitrogens with one attached hydrogen (secondary N) is 1. The van der Waals surface area contributed by atoms with Crippen LogP contribution in [0.15, 0.2) is 24.3 Å². The Bertz CT molecular complexity index is 405. The lowest BCUT2D eigenvalue weighted by molar-refractivity contribution is -0.121. The zero-order valence-corrected chi connectivity index (χ0v) is 10.2. The Hall–Kier alpha value is -1.02. The number of carbonyl (C=O) groups excluding carboxylic acids is 1. The normalized spacial score (nSPS) is 23.0. The van der Waals surface area contributed by atoms with Gasteiger partial charge in [-0.05, 0) is 30.9 Å². The number of hydrogen-bond donors (Lipinski definition) is 1. The van der Waals surface area contributed by atoms with Gasteiger partial charge in [-0.15, -0.1) is 11.6 Å². The second-order valence-electron chi connectivity index (χ2n) is 4.23. The van der Waals surface area contributed by atoms with E-state index in [4.69, 9.17) is 11.6 Å². The van der Waals surface area contributed by atoms with Gasteiger partial charge in [-0.2, -0.15) is 0 Å². The molecule has 2 rings (SSSR count). The summed E-state index contributed by atoms with van der Waals surface area (Å²) in [6, 6.07) is 7.95. The van der Waals surface area contributed by atoms with Crippen molar-refractivity contribution >= 4 is 23.2 Å². The number of alkyl halides is 1. The van der Waals surface area contributed by atoms with E-state index < -0.39 is 0 Å². The average Bonchev–Trinajstić information content (AvgIpc) is 2.59. The molecular weight excluding hydrogens is 222 g/mol. The molecule has 0 aliphatic carbocycles. The van der Waals surface area contributed by atoms with Gasteiger partial charge in [-0.1, -0.05) is 25.1 Å². The molecule has 0 aromatic heterocycles. The minimum absolute atomic E-state index is 0.126. The Morgan fingerprint density at radius 3 is 2.81 bits per heavy atom. The van der Waals surface area contributed by atoms with Gasteiger partial charge in [0.05, 0.1) is 5.41 Å². The summed E-state index contributed by atoms with van der Waals surface area (Å²) >= 11 is 5.74. The van der Waals surface area contributed by atoms with Gasteiger partial charge in [0.1, 0.15) is 0 Å². The number of halogens is 1. The van der Waals surface area contributed by atoms with Crippen molar-refractivity contribution in [1.29, 1.82) is 0 Å². The molecule has 1 aliphatic rings. The number of rotatable bonds is 4. The monoisotopic (exact) mass is 237 g/mol. The molecule has 1 atom stereocenters. The van der Waals surface area contributed by atoms with Crippen molar-refractivity contribution in [2.24, 2.45) is 0 Å². The molecular formula is C13H16ClNO. The van der Waals surface area contributed by atoms with Crippen LogP contribution in [0, 0.1) is 0 Å².